The van der Waals surface area contributed by atoms with Gasteiger partial charge in [-0.25, -0.2) is 0 Å². The van der Waals surface area contributed by atoms with Gasteiger partial charge in [0, 0.05) is 6.54 Å². The quantitative estimate of drug-likeness (QED) is 0.760. The second-order valence-electron chi connectivity index (χ2n) is 5.24. The summed E-state index contributed by atoms with van der Waals surface area (Å²) in [5.41, 5.74) is 1.68. The third-order valence-electron chi connectivity index (χ3n) is 3.37. The van der Waals surface area contributed by atoms with Crippen LogP contribution in [0.3, 0.4) is 0 Å². The first-order valence-corrected chi connectivity index (χ1v) is 8.83. The minimum Gasteiger partial charge on any atom is -0.387 e. The zero-order valence-electron chi connectivity index (χ0n) is 13.2. The number of rotatable bonds is 7. The van der Waals surface area contributed by atoms with Crippen molar-refractivity contribution in [3.05, 3.63) is 59.7 Å². The molecule has 0 heterocycles. The van der Waals surface area contributed by atoms with Gasteiger partial charge in [-0.05, 0) is 43.3 Å². The third-order valence-corrected chi connectivity index (χ3v) is 4.63. The van der Waals surface area contributed by atoms with Crippen molar-refractivity contribution in [2.24, 2.45) is 0 Å². The first-order chi connectivity index (χ1) is 10.9. The molecule has 0 saturated carbocycles. The fraction of sp³-hybridized carbons (Fsp3) is 0.294. The molecule has 1 atom stereocenters. The molecule has 124 valence electrons. The van der Waals surface area contributed by atoms with Gasteiger partial charge in [-0.2, -0.15) is 8.42 Å². The standard InChI is InChI=1S/C17H21NO4S/c1-3-18-12-17(19)14-6-8-15(9-7-14)22-23(20,21)16-10-4-13(2)5-11-16/h4-11,17-19H,3,12H2,1-2H3/t17-/m1/s1. The van der Waals surface area contributed by atoms with Crippen molar-refractivity contribution in [1.82, 2.24) is 5.32 Å². The van der Waals surface area contributed by atoms with Gasteiger partial charge in [-0.3, -0.25) is 0 Å². The predicted molar refractivity (Wildman–Crippen MR) is 88.9 cm³/mol. The van der Waals surface area contributed by atoms with E-state index in [4.69, 9.17) is 4.18 Å². The van der Waals surface area contributed by atoms with Crippen molar-refractivity contribution in [3.63, 3.8) is 0 Å². The lowest BCUT2D eigenvalue weighted by Gasteiger charge is -2.12. The lowest BCUT2D eigenvalue weighted by molar-refractivity contribution is 0.175. The molecule has 0 fully saturated rings. The van der Waals surface area contributed by atoms with Gasteiger partial charge in [-0.15, -0.1) is 0 Å². The summed E-state index contributed by atoms with van der Waals surface area (Å²) in [6.45, 7) is 5.06. The molecule has 2 aromatic carbocycles. The molecule has 6 heteroatoms. The second kappa shape index (κ2) is 7.59. The Hall–Kier alpha value is -1.89. The average Bonchev–Trinajstić information content (AvgIpc) is 2.53. The number of hydrogen-bond acceptors (Lipinski definition) is 5. The van der Waals surface area contributed by atoms with Crippen molar-refractivity contribution in [3.8, 4) is 5.75 Å². The molecule has 2 aromatic rings. The Balaban J connectivity index is 2.09. The highest BCUT2D eigenvalue weighted by molar-refractivity contribution is 7.87. The Morgan fingerprint density at radius 3 is 2.26 bits per heavy atom. The minimum absolute atomic E-state index is 0.111. The molecular formula is C17H21NO4S. The van der Waals surface area contributed by atoms with E-state index in [0.717, 1.165) is 12.1 Å². The molecule has 5 nitrogen and oxygen atoms in total. The van der Waals surface area contributed by atoms with E-state index in [1.165, 1.54) is 24.3 Å². The molecule has 2 N–H and O–H groups in total. The van der Waals surface area contributed by atoms with E-state index in [1.54, 1.807) is 24.3 Å². The summed E-state index contributed by atoms with van der Waals surface area (Å²) in [6, 6.07) is 12.8. The first kappa shape index (κ1) is 17.5. The smallest absolute Gasteiger partial charge is 0.339 e. The van der Waals surface area contributed by atoms with Gasteiger partial charge in [-0.1, -0.05) is 36.8 Å². The van der Waals surface area contributed by atoms with Crippen LogP contribution in [0.25, 0.3) is 0 Å². The Bertz CT molecular complexity index is 724. The molecule has 23 heavy (non-hydrogen) atoms. The van der Waals surface area contributed by atoms with Crippen molar-refractivity contribution in [2.75, 3.05) is 13.1 Å². The van der Waals surface area contributed by atoms with Crippen LogP contribution in [0, 0.1) is 6.92 Å². The fourth-order valence-corrected chi connectivity index (χ4v) is 2.95. The molecule has 2 rings (SSSR count). The number of likely N-dealkylation sites (N-methyl/N-ethyl adjacent to an activating group) is 1. The van der Waals surface area contributed by atoms with Gasteiger partial charge in [0.2, 0.25) is 0 Å². The topological polar surface area (TPSA) is 75.6 Å². The maximum atomic E-state index is 12.2. The van der Waals surface area contributed by atoms with E-state index in [9.17, 15) is 13.5 Å². The van der Waals surface area contributed by atoms with E-state index in [1.807, 2.05) is 13.8 Å². The van der Waals surface area contributed by atoms with Crippen molar-refractivity contribution < 1.29 is 17.7 Å². The summed E-state index contributed by atoms with van der Waals surface area (Å²) >= 11 is 0. The van der Waals surface area contributed by atoms with Crippen LogP contribution in [0.1, 0.15) is 24.2 Å². The Kier molecular flexibility index (Phi) is 5.76. The summed E-state index contributed by atoms with van der Waals surface area (Å²) in [6.07, 6.45) is -0.641. The molecule has 0 amide bonds. The Morgan fingerprint density at radius 1 is 1.09 bits per heavy atom. The monoisotopic (exact) mass is 335 g/mol. The van der Waals surface area contributed by atoms with E-state index in [0.29, 0.717) is 12.1 Å². The highest BCUT2D eigenvalue weighted by Gasteiger charge is 2.16. The van der Waals surface area contributed by atoms with Crippen LogP contribution in [0.15, 0.2) is 53.4 Å². The number of benzene rings is 2. The van der Waals surface area contributed by atoms with E-state index >= 15 is 0 Å². The third kappa shape index (κ3) is 4.79. The molecule has 0 aliphatic carbocycles. The zero-order valence-corrected chi connectivity index (χ0v) is 14.0. The van der Waals surface area contributed by atoms with Gasteiger partial charge < -0.3 is 14.6 Å². The normalized spacial score (nSPS) is 12.8. The Morgan fingerprint density at radius 2 is 1.70 bits per heavy atom. The van der Waals surface area contributed by atoms with Crippen molar-refractivity contribution >= 4 is 10.1 Å². The molecule has 0 aliphatic heterocycles. The lowest BCUT2D eigenvalue weighted by atomic mass is 10.1. The zero-order chi connectivity index (χ0) is 16.9. The SMILES string of the molecule is CCNC[C@@H](O)c1ccc(OS(=O)(=O)c2ccc(C)cc2)cc1. The number of aliphatic hydroxyl groups is 1. The second-order valence-corrected chi connectivity index (χ2v) is 6.79. The summed E-state index contributed by atoms with van der Waals surface area (Å²) in [4.78, 5) is 0.111. The molecule has 0 aromatic heterocycles. The molecule has 0 spiro atoms. The van der Waals surface area contributed by atoms with E-state index < -0.39 is 16.2 Å². The highest BCUT2D eigenvalue weighted by atomic mass is 32.2. The molecular weight excluding hydrogens is 314 g/mol. The molecule has 0 aliphatic rings. The first-order valence-electron chi connectivity index (χ1n) is 7.42. The van der Waals surface area contributed by atoms with Gasteiger partial charge in [0.1, 0.15) is 10.6 Å². The van der Waals surface area contributed by atoms with E-state index in [2.05, 4.69) is 5.32 Å². The van der Waals surface area contributed by atoms with Crippen LogP contribution in [-0.4, -0.2) is 26.6 Å². The number of nitrogens with one attached hydrogen (secondary N) is 1. The largest absolute Gasteiger partial charge is 0.387 e. The highest BCUT2D eigenvalue weighted by Crippen LogP contribution is 2.21. The van der Waals surface area contributed by atoms with Crippen LogP contribution >= 0.6 is 0 Å². The Labute approximate surface area is 137 Å². The fourth-order valence-electron chi connectivity index (χ4n) is 2.02. The molecule has 0 unspecified atom stereocenters. The van der Waals surface area contributed by atoms with Gasteiger partial charge in [0.05, 0.1) is 6.10 Å². The van der Waals surface area contributed by atoms with Crippen LogP contribution in [0.4, 0.5) is 0 Å². The summed E-state index contributed by atoms with van der Waals surface area (Å²) in [5.74, 6) is 0.213. The summed E-state index contributed by atoms with van der Waals surface area (Å²) in [5, 5.41) is 13.0. The summed E-state index contributed by atoms with van der Waals surface area (Å²) in [7, 11) is -3.85. The van der Waals surface area contributed by atoms with Crippen LogP contribution in [0.2, 0.25) is 0 Å². The van der Waals surface area contributed by atoms with Crippen molar-refractivity contribution in [1.29, 1.82) is 0 Å². The van der Waals surface area contributed by atoms with Gasteiger partial charge in [0.25, 0.3) is 0 Å². The molecule has 0 radical (unpaired) electrons. The number of aliphatic hydroxyl groups excluding tert-OH is 1. The average molecular weight is 335 g/mol. The number of hydrogen-bond donors (Lipinski definition) is 2. The van der Waals surface area contributed by atoms with Crippen molar-refractivity contribution in [2.45, 2.75) is 24.8 Å². The van der Waals surface area contributed by atoms with Crippen LogP contribution in [-0.2, 0) is 10.1 Å². The van der Waals surface area contributed by atoms with Gasteiger partial charge in [0.15, 0.2) is 0 Å². The van der Waals surface area contributed by atoms with E-state index in [-0.39, 0.29) is 10.6 Å². The van der Waals surface area contributed by atoms with Gasteiger partial charge >= 0.3 is 10.1 Å². The molecule has 0 bridgehead atoms. The maximum absolute atomic E-state index is 12.2. The molecule has 0 saturated heterocycles. The van der Waals surface area contributed by atoms with Crippen LogP contribution < -0.4 is 9.50 Å². The minimum atomic E-state index is -3.85. The summed E-state index contributed by atoms with van der Waals surface area (Å²) < 4.78 is 29.5. The lowest BCUT2D eigenvalue weighted by Crippen LogP contribution is -2.20. The predicted octanol–water partition coefficient (Wildman–Crippen LogP) is 2.41. The number of aryl methyl sites for hydroxylation is 1. The van der Waals surface area contributed by atoms with Crippen LogP contribution in [0.5, 0.6) is 5.75 Å². The maximum Gasteiger partial charge on any atom is 0.339 e.